The van der Waals surface area contributed by atoms with E-state index >= 15 is 0 Å². The van der Waals surface area contributed by atoms with Gasteiger partial charge in [0.05, 0.1) is 22.8 Å². The Morgan fingerprint density at radius 1 is 1.00 bits per heavy atom. The van der Waals surface area contributed by atoms with E-state index in [4.69, 9.17) is 4.74 Å². The average Bonchev–Trinajstić information content (AvgIpc) is 2.77. The Bertz CT molecular complexity index is 1270. The highest BCUT2D eigenvalue weighted by atomic mass is 79.9. The zero-order valence-electron chi connectivity index (χ0n) is 19.7. The minimum atomic E-state index is -3.76. The van der Waals surface area contributed by atoms with Gasteiger partial charge in [-0.3, -0.25) is 9.52 Å². The first kappa shape index (κ1) is 25.8. The maximum atomic E-state index is 12.9. The quantitative estimate of drug-likeness (QED) is 0.320. The molecule has 3 rings (SSSR count). The van der Waals surface area contributed by atoms with Crippen LogP contribution >= 0.6 is 15.9 Å². The molecule has 180 valence electrons. The molecular formula is C26H29BrN2O4S. The van der Waals surface area contributed by atoms with Crippen LogP contribution in [0.2, 0.25) is 0 Å². The predicted octanol–water partition coefficient (Wildman–Crippen LogP) is 6.54. The predicted molar refractivity (Wildman–Crippen MR) is 140 cm³/mol. The summed E-state index contributed by atoms with van der Waals surface area (Å²) in [5.41, 5.74) is 3.30. The molecule has 0 saturated carbocycles. The molecule has 0 atom stereocenters. The lowest BCUT2D eigenvalue weighted by atomic mass is 10.1. The number of benzene rings is 3. The van der Waals surface area contributed by atoms with Gasteiger partial charge in [-0.15, -0.1) is 0 Å². The van der Waals surface area contributed by atoms with E-state index in [1.54, 1.807) is 30.3 Å². The fourth-order valence-electron chi connectivity index (χ4n) is 3.26. The summed E-state index contributed by atoms with van der Waals surface area (Å²) in [4.78, 5) is 13.0. The molecule has 6 nitrogen and oxygen atoms in total. The van der Waals surface area contributed by atoms with E-state index in [2.05, 4.69) is 39.8 Å². The van der Waals surface area contributed by atoms with Crippen molar-refractivity contribution in [2.75, 3.05) is 16.6 Å². The highest BCUT2D eigenvalue weighted by Gasteiger charge is 2.17. The Hall–Kier alpha value is -2.84. The van der Waals surface area contributed by atoms with Gasteiger partial charge in [0.2, 0.25) is 0 Å². The summed E-state index contributed by atoms with van der Waals surface area (Å²) in [7, 11) is -3.76. The fraction of sp³-hybridized carbons (Fsp3) is 0.269. The molecule has 0 radical (unpaired) electrons. The van der Waals surface area contributed by atoms with Gasteiger partial charge in [-0.25, -0.2) is 8.42 Å². The monoisotopic (exact) mass is 544 g/mol. The van der Waals surface area contributed by atoms with Gasteiger partial charge in [-0.1, -0.05) is 47.5 Å². The number of hydrogen-bond donors (Lipinski definition) is 2. The van der Waals surface area contributed by atoms with Crippen molar-refractivity contribution in [3.05, 3.63) is 81.8 Å². The van der Waals surface area contributed by atoms with Gasteiger partial charge in [0.1, 0.15) is 5.75 Å². The van der Waals surface area contributed by atoms with E-state index in [1.807, 2.05) is 32.0 Å². The molecule has 0 aliphatic rings. The molecule has 3 aromatic carbocycles. The molecule has 2 N–H and O–H groups in total. The summed E-state index contributed by atoms with van der Waals surface area (Å²) in [5.74, 6) is 0.648. The number of carbonyl (C=O) groups excluding carboxylic acids is 1. The smallest absolute Gasteiger partial charge is 0.261 e. The zero-order valence-corrected chi connectivity index (χ0v) is 22.1. The molecule has 34 heavy (non-hydrogen) atoms. The van der Waals surface area contributed by atoms with Gasteiger partial charge in [-0.2, -0.15) is 0 Å². The Morgan fingerprint density at radius 2 is 1.71 bits per heavy atom. The van der Waals surface area contributed by atoms with Crippen molar-refractivity contribution in [2.24, 2.45) is 5.92 Å². The SMILES string of the molecule is Cc1ccc(NS(=O)(=O)c2ccc(NC(=O)c3cc(Br)ccc3OCCC(C)C)cc2)c(C)c1. The van der Waals surface area contributed by atoms with E-state index in [0.717, 1.165) is 22.0 Å². The number of halogens is 1. The number of anilines is 2. The number of nitrogens with one attached hydrogen (secondary N) is 2. The lowest BCUT2D eigenvalue weighted by Crippen LogP contribution is -2.15. The van der Waals surface area contributed by atoms with Gasteiger partial charge in [0.15, 0.2) is 0 Å². The van der Waals surface area contributed by atoms with Crippen LogP contribution in [0.5, 0.6) is 5.75 Å². The van der Waals surface area contributed by atoms with E-state index in [0.29, 0.717) is 35.2 Å². The first-order valence-corrected chi connectivity index (χ1v) is 13.3. The zero-order chi connectivity index (χ0) is 24.9. The number of amides is 1. The Kier molecular flexibility index (Phi) is 8.38. The van der Waals surface area contributed by atoms with Crippen molar-refractivity contribution in [1.29, 1.82) is 0 Å². The van der Waals surface area contributed by atoms with Crippen LogP contribution in [0.3, 0.4) is 0 Å². The van der Waals surface area contributed by atoms with Crippen LogP contribution in [0.25, 0.3) is 0 Å². The number of rotatable bonds is 9. The summed E-state index contributed by atoms with van der Waals surface area (Å²) in [6, 6.07) is 16.8. The minimum absolute atomic E-state index is 0.102. The third kappa shape index (κ3) is 6.84. The second kappa shape index (κ2) is 11.1. The van der Waals surface area contributed by atoms with Crippen molar-refractivity contribution in [3.63, 3.8) is 0 Å². The molecule has 0 aromatic heterocycles. The highest BCUT2D eigenvalue weighted by molar-refractivity contribution is 9.10. The first-order chi connectivity index (χ1) is 16.0. The Morgan fingerprint density at radius 3 is 2.35 bits per heavy atom. The molecule has 0 aliphatic heterocycles. The topological polar surface area (TPSA) is 84.5 Å². The summed E-state index contributed by atoms with van der Waals surface area (Å²) < 4.78 is 34.8. The number of carbonyl (C=O) groups is 1. The van der Waals surface area contributed by atoms with E-state index < -0.39 is 10.0 Å². The molecule has 8 heteroatoms. The lowest BCUT2D eigenvalue weighted by molar-refractivity contribution is 0.102. The molecular weight excluding hydrogens is 516 g/mol. The van der Waals surface area contributed by atoms with Crippen LogP contribution in [0, 0.1) is 19.8 Å². The normalized spacial score (nSPS) is 11.4. The standard InChI is InChI=1S/C26H29BrN2O4S/c1-17(2)13-14-33-25-12-6-20(27)16-23(25)26(30)28-21-7-9-22(10-8-21)34(31,32)29-24-11-5-18(3)15-19(24)4/h5-12,15-17,29H,13-14H2,1-4H3,(H,28,30). The van der Waals surface area contributed by atoms with Crippen LogP contribution in [0.1, 0.15) is 41.8 Å². The third-order valence-electron chi connectivity index (χ3n) is 5.19. The molecule has 0 heterocycles. The van der Waals surface area contributed by atoms with E-state index in [1.165, 1.54) is 12.1 Å². The lowest BCUT2D eigenvalue weighted by Gasteiger charge is -2.14. The van der Waals surface area contributed by atoms with Crippen molar-refractivity contribution in [3.8, 4) is 5.75 Å². The second-order valence-electron chi connectivity index (χ2n) is 8.57. The molecule has 0 spiro atoms. The number of ether oxygens (including phenoxy) is 1. The molecule has 0 bridgehead atoms. The molecule has 1 amide bonds. The van der Waals surface area contributed by atoms with Gasteiger partial charge in [-0.05, 0) is 80.3 Å². The maximum absolute atomic E-state index is 12.9. The molecule has 0 aliphatic carbocycles. The highest BCUT2D eigenvalue weighted by Crippen LogP contribution is 2.26. The molecule has 0 saturated heterocycles. The Labute approximate surface area is 209 Å². The first-order valence-electron chi connectivity index (χ1n) is 11.0. The van der Waals surface area contributed by atoms with Crippen LogP contribution in [0.15, 0.2) is 70.0 Å². The average molecular weight is 545 g/mol. The Balaban J connectivity index is 1.73. The van der Waals surface area contributed by atoms with Gasteiger partial charge >= 0.3 is 0 Å². The van der Waals surface area contributed by atoms with Crippen molar-refractivity contribution >= 4 is 43.2 Å². The largest absolute Gasteiger partial charge is 0.493 e. The van der Waals surface area contributed by atoms with E-state index in [9.17, 15) is 13.2 Å². The summed E-state index contributed by atoms with van der Waals surface area (Å²) in [5, 5.41) is 2.81. The van der Waals surface area contributed by atoms with Gasteiger partial charge in [0.25, 0.3) is 15.9 Å². The summed E-state index contributed by atoms with van der Waals surface area (Å²) >= 11 is 3.40. The van der Waals surface area contributed by atoms with Crippen LogP contribution in [-0.2, 0) is 10.0 Å². The van der Waals surface area contributed by atoms with Crippen molar-refractivity contribution in [2.45, 2.75) is 39.0 Å². The van der Waals surface area contributed by atoms with E-state index in [-0.39, 0.29) is 10.8 Å². The van der Waals surface area contributed by atoms with Gasteiger partial charge < -0.3 is 10.1 Å². The van der Waals surface area contributed by atoms with Crippen LogP contribution in [-0.4, -0.2) is 20.9 Å². The second-order valence-corrected chi connectivity index (χ2v) is 11.2. The van der Waals surface area contributed by atoms with Crippen LogP contribution < -0.4 is 14.8 Å². The number of hydrogen-bond acceptors (Lipinski definition) is 4. The number of sulfonamides is 1. The third-order valence-corrected chi connectivity index (χ3v) is 7.06. The summed E-state index contributed by atoms with van der Waals surface area (Å²) in [6.45, 7) is 8.54. The minimum Gasteiger partial charge on any atom is -0.493 e. The summed E-state index contributed by atoms with van der Waals surface area (Å²) in [6.07, 6.45) is 0.878. The van der Waals surface area contributed by atoms with Gasteiger partial charge in [0, 0.05) is 10.2 Å². The molecule has 3 aromatic rings. The van der Waals surface area contributed by atoms with Crippen molar-refractivity contribution < 1.29 is 17.9 Å². The number of aryl methyl sites for hydroxylation is 2. The fourth-order valence-corrected chi connectivity index (χ4v) is 4.75. The maximum Gasteiger partial charge on any atom is 0.261 e. The van der Waals surface area contributed by atoms with Crippen LogP contribution in [0.4, 0.5) is 11.4 Å². The molecule has 0 unspecified atom stereocenters. The molecule has 0 fully saturated rings. The van der Waals surface area contributed by atoms with Crippen molar-refractivity contribution in [1.82, 2.24) is 0 Å².